The Labute approximate surface area is 148 Å². The Hall–Kier alpha value is -3.55. The highest BCUT2D eigenvalue weighted by atomic mass is 19.1. The third kappa shape index (κ3) is 5.52. The van der Waals surface area contributed by atoms with Gasteiger partial charge in [-0.3, -0.25) is 24.5 Å². The number of carbonyl (C=O) groups is 4. The zero-order valence-electron chi connectivity index (χ0n) is 13.5. The van der Waals surface area contributed by atoms with Crippen LogP contribution in [0.1, 0.15) is 20.7 Å². The molecule has 0 fully saturated rings. The Kier molecular flexibility index (Phi) is 6.55. The first kappa shape index (κ1) is 18.8. The second-order valence-corrected chi connectivity index (χ2v) is 5.07. The van der Waals surface area contributed by atoms with Crippen LogP contribution in [-0.4, -0.2) is 36.8 Å². The van der Waals surface area contributed by atoms with Gasteiger partial charge in [-0.25, -0.2) is 4.39 Å². The lowest BCUT2D eigenvalue weighted by molar-refractivity contribution is -0.147. The van der Waals surface area contributed by atoms with Crippen molar-refractivity contribution >= 4 is 23.7 Å². The van der Waals surface area contributed by atoms with E-state index in [-0.39, 0.29) is 11.1 Å². The summed E-state index contributed by atoms with van der Waals surface area (Å²) in [6, 6.07) is 13.3. The van der Waals surface area contributed by atoms with Crippen LogP contribution < -0.4 is 10.6 Å². The number of amides is 3. The van der Waals surface area contributed by atoms with Crippen molar-refractivity contribution in [1.82, 2.24) is 10.6 Å². The molecule has 3 amide bonds. The summed E-state index contributed by atoms with van der Waals surface area (Å²) in [4.78, 5) is 46.6. The largest absolute Gasteiger partial charge is 0.454 e. The van der Waals surface area contributed by atoms with Gasteiger partial charge in [0.2, 0.25) is 0 Å². The fourth-order valence-electron chi connectivity index (χ4n) is 1.91. The van der Waals surface area contributed by atoms with Crippen LogP contribution in [0.5, 0.6) is 0 Å². The van der Waals surface area contributed by atoms with E-state index in [0.717, 1.165) is 6.07 Å². The Morgan fingerprint density at radius 1 is 0.885 bits per heavy atom. The van der Waals surface area contributed by atoms with E-state index in [9.17, 15) is 23.6 Å². The van der Waals surface area contributed by atoms with Gasteiger partial charge >= 0.3 is 5.97 Å². The molecule has 0 aliphatic carbocycles. The average Bonchev–Trinajstić information content (AvgIpc) is 2.65. The van der Waals surface area contributed by atoms with Gasteiger partial charge in [0, 0.05) is 5.56 Å². The van der Waals surface area contributed by atoms with Crippen LogP contribution in [0.3, 0.4) is 0 Å². The standard InChI is InChI=1S/C18H15FN2O5/c19-14-9-5-4-8-13(14)18(25)20-10-16(23)26-11-15(22)21-17(24)12-6-2-1-3-7-12/h1-9H,10-11H2,(H,20,25)(H,21,22,24). The summed E-state index contributed by atoms with van der Waals surface area (Å²) in [5.74, 6) is -3.86. The summed E-state index contributed by atoms with van der Waals surface area (Å²) in [5.41, 5.74) is 0.0656. The molecule has 2 aromatic carbocycles. The van der Waals surface area contributed by atoms with Crippen LogP contribution >= 0.6 is 0 Å². The zero-order valence-corrected chi connectivity index (χ0v) is 13.5. The molecule has 0 heterocycles. The molecule has 0 aliphatic heterocycles. The van der Waals surface area contributed by atoms with Crippen LogP contribution in [-0.2, 0) is 14.3 Å². The van der Waals surface area contributed by atoms with Crippen molar-refractivity contribution < 1.29 is 28.3 Å². The van der Waals surface area contributed by atoms with Crippen molar-refractivity contribution in [3.8, 4) is 0 Å². The molecule has 0 radical (unpaired) electrons. The lowest BCUT2D eigenvalue weighted by Gasteiger charge is -2.07. The predicted octanol–water partition coefficient (Wildman–Crippen LogP) is 1.06. The molecular weight excluding hydrogens is 343 g/mol. The SMILES string of the molecule is O=C(COC(=O)CNC(=O)c1ccccc1F)NC(=O)c1ccccc1. The lowest BCUT2D eigenvalue weighted by Crippen LogP contribution is -2.36. The molecule has 0 saturated carbocycles. The van der Waals surface area contributed by atoms with E-state index in [1.54, 1.807) is 18.2 Å². The molecule has 0 aromatic heterocycles. The number of carbonyl (C=O) groups excluding carboxylic acids is 4. The number of rotatable bonds is 6. The summed E-state index contributed by atoms with van der Waals surface area (Å²) in [6.45, 7) is -1.24. The third-order valence-corrected chi connectivity index (χ3v) is 3.16. The molecule has 8 heteroatoms. The summed E-state index contributed by atoms with van der Waals surface area (Å²) in [5, 5.41) is 4.24. The number of hydrogen-bond acceptors (Lipinski definition) is 5. The topological polar surface area (TPSA) is 102 Å². The zero-order chi connectivity index (χ0) is 18.9. The minimum atomic E-state index is -0.906. The van der Waals surface area contributed by atoms with E-state index in [1.807, 2.05) is 0 Å². The van der Waals surface area contributed by atoms with Gasteiger partial charge in [0.25, 0.3) is 17.7 Å². The van der Waals surface area contributed by atoms with Crippen LogP contribution in [0.25, 0.3) is 0 Å². The first-order valence-electron chi connectivity index (χ1n) is 7.55. The minimum Gasteiger partial charge on any atom is -0.454 e. The highest BCUT2D eigenvalue weighted by molar-refractivity contribution is 6.05. The van der Waals surface area contributed by atoms with E-state index < -0.39 is 42.7 Å². The number of benzene rings is 2. The van der Waals surface area contributed by atoms with E-state index in [1.165, 1.54) is 30.3 Å². The third-order valence-electron chi connectivity index (χ3n) is 3.16. The van der Waals surface area contributed by atoms with Crippen molar-refractivity contribution in [2.75, 3.05) is 13.2 Å². The van der Waals surface area contributed by atoms with Gasteiger partial charge in [0.1, 0.15) is 12.4 Å². The van der Waals surface area contributed by atoms with Gasteiger partial charge in [-0.05, 0) is 24.3 Å². The second-order valence-electron chi connectivity index (χ2n) is 5.07. The number of esters is 1. The van der Waals surface area contributed by atoms with Gasteiger partial charge in [-0.1, -0.05) is 30.3 Å². The quantitative estimate of drug-likeness (QED) is 0.752. The minimum absolute atomic E-state index is 0.216. The molecule has 0 saturated heterocycles. The first-order valence-corrected chi connectivity index (χ1v) is 7.55. The monoisotopic (exact) mass is 358 g/mol. The van der Waals surface area contributed by atoms with Gasteiger partial charge in [-0.2, -0.15) is 0 Å². The molecule has 2 rings (SSSR count). The maximum absolute atomic E-state index is 13.4. The number of hydrogen-bond donors (Lipinski definition) is 2. The first-order chi connectivity index (χ1) is 12.5. The smallest absolute Gasteiger partial charge is 0.325 e. The van der Waals surface area contributed by atoms with Crippen molar-refractivity contribution in [2.45, 2.75) is 0 Å². The highest BCUT2D eigenvalue weighted by Crippen LogP contribution is 2.05. The molecule has 0 spiro atoms. The molecule has 0 unspecified atom stereocenters. The van der Waals surface area contributed by atoms with Gasteiger partial charge in [-0.15, -0.1) is 0 Å². The maximum atomic E-state index is 13.4. The molecule has 2 N–H and O–H groups in total. The van der Waals surface area contributed by atoms with Crippen LogP contribution in [0.15, 0.2) is 54.6 Å². The highest BCUT2D eigenvalue weighted by Gasteiger charge is 2.15. The van der Waals surface area contributed by atoms with Gasteiger partial charge in [0.15, 0.2) is 6.61 Å². The number of ether oxygens (including phenoxy) is 1. The van der Waals surface area contributed by atoms with Crippen LogP contribution in [0.4, 0.5) is 4.39 Å². The van der Waals surface area contributed by atoms with Crippen molar-refractivity contribution in [3.05, 3.63) is 71.5 Å². The average molecular weight is 358 g/mol. The summed E-state index contributed by atoms with van der Waals surface area (Å²) >= 11 is 0. The summed E-state index contributed by atoms with van der Waals surface area (Å²) < 4.78 is 18.1. The molecule has 7 nitrogen and oxygen atoms in total. The Morgan fingerprint density at radius 2 is 1.54 bits per heavy atom. The summed E-state index contributed by atoms with van der Waals surface area (Å²) in [6.07, 6.45) is 0. The van der Waals surface area contributed by atoms with Crippen molar-refractivity contribution in [3.63, 3.8) is 0 Å². The molecule has 0 aliphatic rings. The number of nitrogens with one attached hydrogen (secondary N) is 2. The predicted molar refractivity (Wildman–Crippen MR) is 88.6 cm³/mol. The molecule has 26 heavy (non-hydrogen) atoms. The molecule has 0 atom stereocenters. The van der Waals surface area contributed by atoms with Crippen molar-refractivity contribution in [2.24, 2.45) is 0 Å². The molecule has 2 aromatic rings. The van der Waals surface area contributed by atoms with Crippen LogP contribution in [0.2, 0.25) is 0 Å². The fraction of sp³-hybridized carbons (Fsp3) is 0.111. The Bertz CT molecular complexity index is 823. The Balaban J connectivity index is 1.73. The van der Waals surface area contributed by atoms with Gasteiger partial charge < -0.3 is 10.1 Å². The molecule has 0 bridgehead atoms. The number of halogens is 1. The second kappa shape index (κ2) is 9.07. The van der Waals surface area contributed by atoms with Gasteiger partial charge in [0.05, 0.1) is 5.56 Å². The normalized spacial score (nSPS) is 9.88. The van der Waals surface area contributed by atoms with Crippen LogP contribution in [0, 0.1) is 5.82 Å². The Morgan fingerprint density at radius 3 is 2.23 bits per heavy atom. The maximum Gasteiger partial charge on any atom is 0.325 e. The fourth-order valence-corrected chi connectivity index (χ4v) is 1.91. The summed E-state index contributed by atoms with van der Waals surface area (Å²) in [7, 11) is 0. The number of imide groups is 1. The van der Waals surface area contributed by atoms with E-state index in [2.05, 4.69) is 15.4 Å². The van der Waals surface area contributed by atoms with E-state index >= 15 is 0 Å². The van der Waals surface area contributed by atoms with E-state index in [0.29, 0.717) is 0 Å². The van der Waals surface area contributed by atoms with E-state index in [4.69, 9.17) is 0 Å². The van der Waals surface area contributed by atoms with Crippen molar-refractivity contribution in [1.29, 1.82) is 0 Å². The lowest BCUT2D eigenvalue weighted by atomic mass is 10.2. The molecular formula is C18H15FN2O5. The molecule has 134 valence electrons.